The van der Waals surface area contributed by atoms with Gasteiger partial charge in [-0.2, -0.15) is 0 Å². The van der Waals surface area contributed by atoms with Crippen LogP contribution in [0.1, 0.15) is 19.8 Å². The van der Waals surface area contributed by atoms with E-state index in [0.29, 0.717) is 0 Å². The summed E-state index contributed by atoms with van der Waals surface area (Å²) < 4.78 is 0. The van der Waals surface area contributed by atoms with Gasteiger partial charge < -0.3 is 10.2 Å². The van der Waals surface area contributed by atoms with E-state index in [1.165, 1.54) is 32.5 Å². The van der Waals surface area contributed by atoms with E-state index in [-0.39, 0.29) is 0 Å². The summed E-state index contributed by atoms with van der Waals surface area (Å²) in [6, 6.07) is 0. The third kappa shape index (κ3) is 3.88. The molecular weight excluding hydrogens is 148 g/mol. The summed E-state index contributed by atoms with van der Waals surface area (Å²) in [6.07, 6.45) is 6.93. The highest BCUT2D eigenvalue weighted by molar-refractivity contribution is 4.81. The number of nitrogens with zero attached hydrogens (tertiary/aromatic N) is 1. The molecule has 70 valence electrons. The highest BCUT2D eigenvalue weighted by Gasteiger charge is 2.06. The van der Waals surface area contributed by atoms with Gasteiger partial charge in [0.05, 0.1) is 0 Å². The van der Waals surface area contributed by atoms with E-state index < -0.39 is 0 Å². The predicted molar refractivity (Wildman–Crippen MR) is 53.4 cm³/mol. The maximum atomic E-state index is 3.36. The molecule has 1 aliphatic heterocycles. The van der Waals surface area contributed by atoms with Gasteiger partial charge in [-0.1, -0.05) is 19.1 Å². The lowest BCUT2D eigenvalue weighted by Crippen LogP contribution is -2.43. The molecule has 0 bridgehead atoms. The Morgan fingerprint density at radius 3 is 2.67 bits per heavy atom. The molecule has 0 unspecified atom stereocenters. The van der Waals surface area contributed by atoms with Crippen LogP contribution in [-0.4, -0.2) is 37.6 Å². The first kappa shape index (κ1) is 9.75. The molecular formula is C10H20N2. The molecule has 0 aromatic carbocycles. The van der Waals surface area contributed by atoms with Crippen molar-refractivity contribution in [2.75, 3.05) is 32.7 Å². The van der Waals surface area contributed by atoms with Crippen molar-refractivity contribution in [3.63, 3.8) is 0 Å². The van der Waals surface area contributed by atoms with Gasteiger partial charge in [-0.25, -0.2) is 0 Å². The Balaban J connectivity index is 2.01. The lowest BCUT2D eigenvalue weighted by Gasteiger charge is -2.26. The van der Waals surface area contributed by atoms with Gasteiger partial charge in [0, 0.05) is 32.7 Å². The monoisotopic (exact) mass is 168 g/mol. The Labute approximate surface area is 75.6 Å². The molecule has 1 rings (SSSR count). The summed E-state index contributed by atoms with van der Waals surface area (Å²) in [7, 11) is 0. The minimum absolute atomic E-state index is 1.16. The SMILES string of the molecule is CCC=CCCN1CCNCC1. The lowest BCUT2D eigenvalue weighted by molar-refractivity contribution is 0.245. The zero-order valence-electron chi connectivity index (χ0n) is 8.05. The topological polar surface area (TPSA) is 15.3 Å². The van der Waals surface area contributed by atoms with Crippen molar-refractivity contribution in [2.24, 2.45) is 0 Å². The van der Waals surface area contributed by atoms with Crippen molar-refractivity contribution in [3.8, 4) is 0 Å². The molecule has 12 heavy (non-hydrogen) atoms. The standard InChI is InChI=1S/C10H20N2/c1-2-3-4-5-8-12-9-6-11-7-10-12/h3-4,11H,2,5-10H2,1H3. The first-order chi connectivity index (χ1) is 5.93. The summed E-state index contributed by atoms with van der Waals surface area (Å²) in [6.45, 7) is 8.19. The number of hydrogen-bond acceptors (Lipinski definition) is 2. The fourth-order valence-electron chi connectivity index (χ4n) is 1.48. The summed E-state index contributed by atoms with van der Waals surface area (Å²) in [5, 5.41) is 3.36. The van der Waals surface area contributed by atoms with Crippen LogP contribution >= 0.6 is 0 Å². The highest BCUT2D eigenvalue weighted by Crippen LogP contribution is 1.95. The lowest BCUT2D eigenvalue weighted by atomic mass is 10.3. The van der Waals surface area contributed by atoms with Crippen LogP contribution < -0.4 is 5.32 Å². The molecule has 0 saturated carbocycles. The number of nitrogens with one attached hydrogen (secondary N) is 1. The van der Waals surface area contributed by atoms with Crippen molar-refractivity contribution in [3.05, 3.63) is 12.2 Å². The third-order valence-corrected chi connectivity index (χ3v) is 2.22. The van der Waals surface area contributed by atoms with Gasteiger partial charge >= 0.3 is 0 Å². The van der Waals surface area contributed by atoms with Crippen LogP contribution in [0.3, 0.4) is 0 Å². The van der Waals surface area contributed by atoms with Crippen molar-refractivity contribution < 1.29 is 0 Å². The molecule has 0 atom stereocenters. The average molecular weight is 168 g/mol. The van der Waals surface area contributed by atoms with Crippen LogP contribution in [0.2, 0.25) is 0 Å². The summed E-state index contributed by atoms with van der Waals surface area (Å²) >= 11 is 0. The van der Waals surface area contributed by atoms with E-state index in [9.17, 15) is 0 Å². The molecule has 0 aromatic heterocycles. The van der Waals surface area contributed by atoms with E-state index in [0.717, 1.165) is 13.1 Å². The largest absolute Gasteiger partial charge is 0.314 e. The highest BCUT2D eigenvalue weighted by atomic mass is 15.2. The first-order valence-electron chi connectivity index (χ1n) is 5.01. The van der Waals surface area contributed by atoms with Crippen LogP contribution in [0.4, 0.5) is 0 Å². The van der Waals surface area contributed by atoms with Crippen LogP contribution in [-0.2, 0) is 0 Å². The molecule has 1 heterocycles. The predicted octanol–water partition coefficient (Wildman–Crippen LogP) is 1.25. The molecule has 1 saturated heterocycles. The Morgan fingerprint density at radius 2 is 2.00 bits per heavy atom. The molecule has 2 heteroatoms. The van der Waals surface area contributed by atoms with E-state index in [1.807, 2.05) is 0 Å². The van der Waals surface area contributed by atoms with E-state index in [2.05, 4.69) is 29.3 Å². The molecule has 0 spiro atoms. The molecule has 1 N–H and O–H groups in total. The number of allylic oxidation sites excluding steroid dienone is 1. The Bertz CT molecular complexity index is 126. The molecule has 0 amide bonds. The van der Waals surface area contributed by atoms with Crippen molar-refractivity contribution in [1.82, 2.24) is 10.2 Å². The maximum absolute atomic E-state index is 3.36. The zero-order chi connectivity index (χ0) is 8.65. The fourth-order valence-corrected chi connectivity index (χ4v) is 1.48. The van der Waals surface area contributed by atoms with Gasteiger partial charge in [0.2, 0.25) is 0 Å². The van der Waals surface area contributed by atoms with Crippen molar-refractivity contribution in [1.29, 1.82) is 0 Å². The van der Waals surface area contributed by atoms with E-state index in [4.69, 9.17) is 0 Å². The van der Waals surface area contributed by atoms with Gasteiger partial charge in [-0.3, -0.25) is 0 Å². The second-order valence-corrected chi connectivity index (χ2v) is 3.26. The average Bonchev–Trinajstić information content (AvgIpc) is 2.14. The van der Waals surface area contributed by atoms with Gasteiger partial charge in [0.15, 0.2) is 0 Å². The van der Waals surface area contributed by atoms with Crippen molar-refractivity contribution >= 4 is 0 Å². The van der Waals surface area contributed by atoms with E-state index >= 15 is 0 Å². The molecule has 0 aliphatic carbocycles. The molecule has 1 fully saturated rings. The van der Waals surface area contributed by atoms with Crippen LogP contribution in [0.15, 0.2) is 12.2 Å². The summed E-state index contributed by atoms with van der Waals surface area (Å²) in [5.74, 6) is 0. The van der Waals surface area contributed by atoms with Gasteiger partial charge in [-0.05, 0) is 12.8 Å². The molecule has 2 nitrogen and oxygen atoms in total. The van der Waals surface area contributed by atoms with E-state index in [1.54, 1.807) is 0 Å². The quantitative estimate of drug-likeness (QED) is 0.636. The summed E-state index contributed by atoms with van der Waals surface area (Å²) in [4.78, 5) is 2.52. The minimum Gasteiger partial charge on any atom is -0.314 e. The van der Waals surface area contributed by atoms with Crippen molar-refractivity contribution in [2.45, 2.75) is 19.8 Å². The zero-order valence-corrected chi connectivity index (χ0v) is 8.05. The smallest absolute Gasteiger partial charge is 0.0107 e. The fraction of sp³-hybridized carbons (Fsp3) is 0.800. The Morgan fingerprint density at radius 1 is 1.25 bits per heavy atom. The summed E-state index contributed by atoms with van der Waals surface area (Å²) in [5.41, 5.74) is 0. The van der Waals surface area contributed by atoms with Gasteiger partial charge in [-0.15, -0.1) is 0 Å². The third-order valence-electron chi connectivity index (χ3n) is 2.22. The second-order valence-electron chi connectivity index (χ2n) is 3.26. The van der Waals surface area contributed by atoms with Gasteiger partial charge in [0.1, 0.15) is 0 Å². The minimum atomic E-state index is 1.16. The Kier molecular flexibility index (Phi) is 5.04. The Hall–Kier alpha value is -0.340. The molecule has 0 aromatic rings. The molecule has 0 radical (unpaired) electrons. The van der Waals surface area contributed by atoms with Crippen LogP contribution in [0.5, 0.6) is 0 Å². The first-order valence-corrected chi connectivity index (χ1v) is 5.01. The maximum Gasteiger partial charge on any atom is 0.0107 e. The van der Waals surface area contributed by atoms with Crippen LogP contribution in [0, 0.1) is 0 Å². The van der Waals surface area contributed by atoms with Crippen LogP contribution in [0.25, 0.3) is 0 Å². The number of rotatable bonds is 4. The number of piperazine rings is 1. The normalized spacial score (nSPS) is 20.4. The molecule has 1 aliphatic rings. The van der Waals surface area contributed by atoms with Gasteiger partial charge in [0.25, 0.3) is 0 Å². The second kappa shape index (κ2) is 6.21. The number of hydrogen-bond donors (Lipinski definition) is 1.